The summed E-state index contributed by atoms with van der Waals surface area (Å²) in [7, 11) is 0. The zero-order valence-electron chi connectivity index (χ0n) is 16.3. The first-order valence-corrected chi connectivity index (χ1v) is 11.6. The Kier molecular flexibility index (Phi) is 6.55. The second kappa shape index (κ2) is 9.49. The predicted molar refractivity (Wildman–Crippen MR) is 126 cm³/mol. The molecule has 0 aliphatic carbocycles. The number of halogens is 1. The molecule has 1 aliphatic heterocycles. The second-order valence-electron chi connectivity index (χ2n) is 7.07. The number of nitrogens with zero attached hydrogens (tertiary/aromatic N) is 1. The lowest BCUT2D eigenvalue weighted by atomic mass is 10.1. The molecule has 4 rings (SSSR count). The molecule has 1 fully saturated rings. The van der Waals surface area contributed by atoms with Crippen LogP contribution in [0.3, 0.4) is 0 Å². The van der Waals surface area contributed by atoms with Crippen molar-refractivity contribution in [1.82, 2.24) is 4.90 Å². The Morgan fingerprint density at radius 1 is 1.00 bits per heavy atom. The van der Waals surface area contributed by atoms with E-state index in [0.717, 1.165) is 22.1 Å². The Hall–Kier alpha value is -2.57. The molecule has 1 atom stereocenters. The monoisotopic (exact) mass is 480 g/mol. The first-order chi connectivity index (χ1) is 14.6. The molecule has 1 aliphatic rings. The molecule has 6 heteroatoms. The van der Waals surface area contributed by atoms with Crippen molar-refractivity contribution in [1.29, 1.82) is 0 Å². The number of anilines is 1. The third-order valence-corrected chi connectivity index (χ3v) is 6.80. The van der Waals surface area contributed by atoms with Crippen molar-refractivity contribution in [3.8, 4) is 0 Å². The average Bonchev–Trinajstić information content (AvgIpc) is 3.15. The predicted octanol–water partition coefficient (Wildman–Crippen LogP) is 5.52. The first kappa shape index (κ1) is 20.7. The van der Waals surface area contributed by atoms with E-state index in [2.05, 4.69) is 33.4 Å². The van der Waals surface area contributed by atoms with E-state index in [1.54, 1.807) is 11.8 Å². The number of benzene rings is 3. The fourth-order valence-corrected chi connectivity index (χ4v) is 4.88. The molecule has 30 heavy (non-hydrogen) atoms. The van der Waals surface area contributed by atoms with Crippen LogP contribution in [0.2, 0.25) is 0 Å². The largest absolute Gasteiger partial charge is 0.326 e. The van der Waals surface area contributed by atoms with Gasteiger partial charge in [-0.1, -0.05) is 58.4 Å². The molecular weight excluding hydrogens is 460 g/mol. The van der Waals surface area contributed by atoms with Crippen LogP contribution in [0.5, 0.6) is 0 Å². The number of hydrogen-bond acceptors (Lipinski definition) is 3. The van der Waals surface area contributed by atoms with E-state index in [4.69, 9.17) is 0 Å². The highest BCUT2D eigenvalue weighted by Gasteiger charge is 2.32. The normalized spacial score (nSPS) is 16.0. The lowest BCUT2D eigenvalue weighted by molar-refractivity contribution is -0.128. The van der Waals surface area contributed by atoms with E-state index >= 15 is 0 Å². The van der Waals surface area contributed by atoms with Crippen molar-refractivity contribution in [3.63, 3.8) is 0 Å². The summed E-state index contributed by atoms with van der Waals surface area (Å²) in [4.78, 5) is 26.9. The van der Waals surface area contributed by atoms with Gasteiger partial charge in [0.2, 0.25) is 5.91 Å². The standard InChI is InChI=1S/C24H21BrN2O2S/c25-20-10-12-21(13-11-20)26-23(29)18-6-8-19(9-7-18)24-27(22(28)16-30-24)15-14-17-4-2-1-3-5-17/h1-13,24H,14-16H2,(H,26,29)/t24-/m1/s1. The third kappa shape index (κ3) is 4.94. The SMILES string of the molecule is O=C(Nc1ccc(Br)cc1)c1ccc([C@H]2SCC(=O)N2CCc2ccccc2)cc1. The highest BCUT2D eigenvalue weighted by atomic mass is 79.9. The fourth-order valence-electron chi connectivity index (χ4n) is 3.40. The van der Waals surface area contributed by atoms with Crippen LogP contribution in [0.15, 0.2) is 83.3 Å². The fraction of sp³-hybridized carbons (Fsp3) is 0.167. The summed E-state index contributed by atoms with van der Waals surface area (Å²) in [6.07, 6.45) is 0.831. The van der Waals surface area contributed by atoms with Crippen LogP contribution < -0.4 is 5.32 Å². The number of carbonyl (C=O) groups is 2. The summed E-state index contributed by atoms with van der Waals surface area (Å²) < 4.78 is 0.963. The smallest absolute Gasteiger partial charge is 0.255 e. The number of nitrogens with one attached hydrogen (secondary N) is 1. The molecule has 0 spiro atoms. The minimum atomic E-state index is -0.153. The highest BCUT2D eigenvalue weighted by molar-refractivity contribution is 9.10. The molecule has 1 N–H and O–H groups in total. The van der Waals surface area contributed by atoms with E-state index < -0.39 is 0 Å². The molecule has 0 aromatic heterocycles. The number of hydrogen-bond donors (Lipinski definition) is 1. The maximum atomic E-state index is 12.5. The molecule has 3 aromatic rings. The van der Waals surface area contributed by atoms with Crippen LogP contribution in [0.25, 0.3) is 0 Å². The molecule has 1 heterocycles. The molecule has 0 bridgehead atoms. The summed E-state index contributed by atoms with van der Waals surface area (Å²) in [5.74, 6) is 0.503. The van der Waals surface area contributed by atoms with Gasteiger partial charge in [-0.2, -0.15) is 0 Å². The van der Waals surface area contributed by atoms with E-state index in [0.29, 0.717) is 17.9 Å². The van der Waals surface area contributed by atoms with E-state index in [-0.39, 0.29) is 17.2 Å². The van der Waals surface area contributed by atoms with Crippen LogP contribution in [-0.4, -0.2) is 29.0 Å². The van der Waals surface area contributed by atoms with Crippen LogP contribution >= 0.6 is 27.7 Å². The topological polar surface area (TPSA) is 49.4 Å². The van der Waals surface area contributed by atoms with E-state index in [9.17, 15) is 9.59 Å². The number of thioether (sulfide) groups is 1. The highest BCUT2D eigenvalue weighted by Crippen LogP contribution is 2.38. The van der Waals surface area contributed by atoms with Crippen molar-refractivity contribution in [2.24, 2.45) is 0 Å². The Morgan fingerprint density at radius 2 is 1.70 bits per heavy atom. The lowest BCUT2D eigenvalue weighted by Gasteiger charge is -2.24. The molecule has 0 saturated carbocycles. The van der Waals surface area contributed by atoms with Crippen LogP contribution in [0.1, 0.15) is 26.9 Å². The second-order valence-corrected chi connectivity index (χ2v) is 9.05. The van der Waals surface area contributed by atoms with Gasteiger partial charge in [0.1, 0.15) is 5.37 Å². The molecule has 3 aromatic carbocycles. The van der Waals surface area contributed by atoms with Crippen molar-refractivity contribution in [3.05, 3.63) is 100 Å². The van der Waals surface area contributed by atoms with Gasteiger partial charge in [-0.05, 0) is 53.9 Å². The van der Waals surface area contributed by atoms with Crippen LogP contribution in [0.4, 0.5) is 5.69 Å². The Bertz CT molecular complexity index is 1020. The van der Waals surface area contributed by atoms with Crippen LogP contribution in [0, 0.1) is 0 Å². The molecule has 4 nitrogen and oxygen atoms in total. The van der Waals surface area contributed by atoms with Gasteiger partial charge < -0.3 is 10.2 Å². The molecule has 0 radical (unpaired) electrons. The summed E-state index contributed by atoms with van der Waals surface area (Å²) in [6, 6.07) is 25.2. The number of amides is 2. The number of rotatable bonds is 6. The number of carbonyl (C=O) groups excluding carboxylic acids is 2. The minimum absolute atomic E-state index is 0.00945. The zero-order chi connectivity index (χ0) is 20.9. The summed E-state index contributed by atoms with van der Waals surface area (Å²) >= 11 is 5.02. The summed E-state index contributed by atoms with van der Waals surface area (Å²) in [5.41, 5.74) is 3.60. The summed E-state index contributed by atoms with van der Waals surface area (Å²) in [5, 5.41) is 2.89. The van der Waals surface area contributed by atoms with Crippen molar-refractivity contribution < 1.29 is 9.59 Å². The Balaban J connectivity index is 1.42. The minimum Gasteiger partial charge on any atom is -0.326 e. The quantitative estimate of drug-likeness (QED) is 0.505. The van der Waals surface area contributed by atoms with Crippen LogP contribution in [-0.2, 0) is 11.2 Å². The van der Waals surface area contributed by atoms with Gasteiger partial charge in [-0.15, -0.1) is 11.8 Å². The van der Waals surface area contributed by atoms with Crippen molar-refractivity contribution in [2.75, 3.05) is 17.6 Å². The van der Waals surface area contributed by atoms with Gasteiger partial charge in [0.25, 0.3) is 5.91 Å². The van der Waals surface area contributed by atoms with Gasteiger partial charge in [0.15, 0.2) is 0 Å². The molecule has 152 valence electrons. The van der Waals surface area contributed by atoms with Crippen molar-refractivity contribution in [2.45, 2.75) is 11.8 Å². The van der Waals surface area contributed by atoms with Gasteiger partial charge >= 0.3 is 0 Å². The maximum absolute atomic E-state index is 12.5. The lowest BCUT2D eigenvalue weighted by Crippen LogP contribution is -2.30. The molecule has 0 unspecified atom stereocenters. The molecule has 2 amide bonds. The molecular formula is C24H21BrN2O2S. The Labute approximate surface area is 188 Å². The van der Waals surface area contributed by atoms with E-state index in [1.165, 1.54) is 5.56 Å². The average molecular weight is 481 g/mol. The summed E-state index contributed by atoms with van der Waals surface area (Å²) in [6.45, 7) is 0.687. The maximum Gasteiger partial charge on any atom is 0.255 e. The van der Waals surface area contributed by atoms with Gasteiger partial charge in [-0.3, -0.25) is 9.59 Å². The molecule has 1 saturated heterocycles. The zero-order valence-corrected chi connectivity index (χ0v) is 18.7. The van der Waals surface area contributed by atoms with Gasteiger partial charge in [-0.25, -0.2) is 0 Å². The third-order valence-electron chi connectivity index (χ3n) is 5.01. The van der Waals surface area contributed by atoms with E-state index in [1.807, 2.05) is 71.6 Å². The van der Waals surface area contributed by atoms with Crippen molar-refractivity contribution >= 4 is 45.2 Å². The van der Waals surface area contributed by atoms with Gasteiger partial charge in [0.05, 0.1) is 5.75 Å². The first-order valence-electron chi connectivity index (χ1n) is 9.72. The Morgan fingerprint density at radius 3 is 2.40 bits per heavy atom. The van der Waals surface area contributed by atoms with Gasteiger partial charge in [0, 0.05) is 22.3 Å².